The van der Waals surface area contributed by atoms with Gasteiger partial charge in [-0.1, -0.05) is 0 Å². The molecule has 2 rings (SSSR count). The van der Waals surface area contributed by atoms with Crippen LogP contribution in [0.15, 0.2) is 15.7 Å². The highest BCUT2D eigenvalue weighted by molar-refractivity contribution is 5.37. The Kier molecular flexibility index (Phi) is 1.92. The van der Waals surface area contributed by atoms with Crippen LogP contribution in [0.4, 0.5) is 5.82 Å². The first-order valence-electron chi connectivity index (χ1n) is 4.34. The first-order valence-corrected chi connectivity index (χ1v) is 4.34. The lowest BCUT2D eigenvalue weighted by Gasteiger charge is -2.15. The van der Waals surface area contributed by atoms with Gasteiger partial charge in [0.15, 0.2) is 0 Å². The number of aromatic nitrogens is 2. The van der Waals surface area contributed by atoms with Crippen LogP contribution in [0, 0.1) is 0 Å². The van der Waals surface area contributed by atoms with Crippen molar-refractivity contribution >= 4 is 5.82 Å². The Hall–Kier alpha value is -1.52. The molecule has 0 aliphatic carbocycles. The van der Waals surface area contributed by atoms with E-state index in [-0.39, 0.29) is 5.56 Å². The molecule has 0 spiro atoms. The fraction of sp³-hybridized carbons (Fsp3) is 0.500. The van der Waals surface area contributed by atoms with Gasteiger partial charge in [-0.05, 0) is 12.8 Å². The molecule has 0 bridgehead atoms. The molecule has 0 amide bonds. The van der Waals surface area contributed by atoms with Gasteiger partial charge in [0.05, 0.1) is 0 Å². The highest BCUT2D eigenvalue weighted by Crippen LogP contribution is 2.13. The largest absolute Gasteiger partial charge is 0.358 e. The Morgan fingerprint density at radius 3 is 2.46 bits per heavy atom. The van der Waals surface area contributed by atoms with E-state index in [1.165, 1.54) is 6.07 Å². The summed E-state index contributed by atoms with van der Waals surface area (Å²) in [5, 5.41) is 0. The van der Waals surface area contributed by atoms with Crippen LogP contribution in [0.1, 0.15) is 12.8 Å². The van der Waals surface area contributed by atoms with Crippen LogP contribution in [-0.2, 0) is 0 Å². The fourth-order valence-electron chi connectivity index (χ4n) is 1.58. The Bertz CT molecular complexity index is 372. The van der Waals surface area contributed by atoms with E-state index >= 15 is 0 Å². The molecule has 0 aromatic carbocycles. The van der Waals surface area contributed by atoms with Gasteiger partial charge in [0, 0.05) is 19.2 Å². The summed E-state index contributed by atoms with van der Waals surface area (Å²) in [6.07, 6.45) is 2.24. The normalized spacial score (nSPS) is 16.5. The fourth-order valence-corrected chi connectivity index (χ4v) is 1.58. The molecule has 70 valence electrons. The van der Waals surface area contributed by atoms with E-state index in [0.717, 1.165) is 25.9 Å². The maximum atomic E-state index is 11.0. The Balaban J connectivity index is 2.39. The number of nitrogens with one attached hydrogen (secondary N) is 2. The molecule has 1 aromatic heterocycles. The van der Waals surface area contributed by atoms with Gasteiger partial charge in [0.2, 0.25) is 0 Å². The Morgan fingerprint density at radius 2 is 1.85 bits per heavy atom. The van der Waals surface area contributed by atoms with Gasteiger partial charge < -0.3 is 4.90 Å². The third-order valence-electron chi connectivity index (χ3n) is 2.19. The first-order chi connectivity index (χ1) is 6.25. The summed E-state index contributed by atoms with van der Waals surface area (Å²) in [5.74, 6) is 0.631. The molecule has 1 fully saturated rings. The number of nitrogens with zero attached hydrogens (tertiary/aromatic N) is 1. The zero-order valence-electron chi connectivity index (χ0n) is 7.17. The van der Waals surface area contributed by atoms with Crippen LogP contribution in [-0.4, -0.2) is 23.1 Å². The maximum absolute atomic E-state index is 11.0. The second-order valence-corrected chi connectivity index (χ2v) is 3.17. The predicted molar refractivity (Wildman–Crippen MR) is 49.1 cm³/mol. The average Bonchev–Trinajstić information content (AvgIpc) is 2.53. The van der Waals surface area contributed by atoms with Crippen molar-refractivity contribution in [3.05, 3.63) is 26.9 Å². The Labute approximate surface area is 74.4 Å². The topological polar surface area (TPSA) is 69.0 Å². The van der Waals surface area contributed by atoms with Crippen LogP contribution in [0.3, 0.4) is 0 Å². The third kappa shape index (κ3) is 1.63. The molecule has 2 heterocycles. The lowest BCUT2D eigenvalue weighted by atomic mass is 10.4. The van der Waals surface area contributed by atoms with Crippen LogP contribution < -0.4 is 16.1 Å². The summed E-state index contributed by atoms with van der Waals surface area (Å²) >= 11 is 0. The summed E-state index contributed by atoms with van der Waals surface area (Å²) in [4.78, 5) is 28.7. The molecular weight excluding hydrogens is 170 g/mol. The molecule has 1 aliphatic heterocycles. The minimum Gasteiger partial charge on any atom is -0.358 e. The van der Waals surface area contributed by atoms with E-state index in [1.807, 2.05) is 4.90 Å². The molecule has 0 saturated carbocycles. The van der Waals surface area contributed by atoms with Crippen LogP contribution in [0.25, 0.3) is 0 Å². The summed E-state index contributed by atoms with van der Waals surface area (Å²) < 4.78 is 0. The SMILES string of the molecule is O=c1cc(N2CCCC2)[nH]c(=O)[nH]1. The number of aromatic amines is 2. The lowest BCUT2D eigenvalue weighted by molar-refractivity contribution is 0.903. The molecule has 13 heavy (non-hydrogen) atoms. The van der Waals surface area contributed by atoms with Crippen LogP contribution in [0.5, 0.6) is 0 Å². The molecule has 0 radical (unpaired) electrons. The second kappa shape index (κ2) is 3.08. The zero-order chi connectivity index (χ0) is 9.26. The maximum Gasteiger partial charge on any atom is 0.327 e. The number of H-pyrrole nitrogens is 2. The standard InChI is InChI=1S/C8H11N3O2/c12-7-5-6(9-8(13)10-7)11-3-1-2-4-11/h5H,1-4H2,(H2,9,10,12,13). The number of rotatable bonds is 1. The van der Waals surface area contributed by atoms with E-state index in [9.17, 15) is 9.59 Å². The molecule has 0 unspecified atom stereocenters. The van der Waals surface area contributed by atoms with Crippen molar-refractivity contribution in [2.75, 3.05) is 18.0 Å². The predicted octanol–water partition coefficient (Wildman–Crippen LogP) is -0.337. The molecule has 5 nitrogen and oxygen atoms in total. The van der Waals surface area contributed by atoms with Gasteiger partial charge >= 0.3 is 5.69 Å². The van der Waals surface area contributed by atoms with Gasteiger partial charge in [-0.3, -0.25) is 14.8 Å². The van der Waals surface area contributed by atoms with Crippen molar-refractivity contribution in [2.24, 2.45) is 0 Å². The van der Waals surface area contributed by atoms with Crippen molar-refractivity contribution in [3.8, 4) is 0 Å². The number of hydrogen-bond acceptors (Lipinski definition) is 3. The van der Waals surface area contributed by atoms with Crippen molar-refractivity contribution in [3.63, 3.8) is 0 Å². The summed E-state index contributed by atoms with van der Waals surface area (Å²) in [7, 11) is 0. The highest BCUT2D eigenvalue weighted by atomic mass is 16.2. The smallest absolute Gasteiger partial charge is 0.327 e. The minimum atomic E-state index is -0.436. The molecule has 0 atom stereocenters. The monoisotopic (exact) mass is 181 g/mol. The molecule has 5 heteroatoms. The van der Waals surface area contributed by atoms with E-state index in [4.69, 9.17) is 0 Å². The van der Waals surface area contributed by atoms with Crippen LogP contribution in [0.2, 0.25) is 0 Å². The second-order valence-electron chi connectivity index (χ2n) is 3.17. The summed E-state index contributed by atoms with van der Waals surface area (Å²) in [5.41, 5.74) is -0.778. The highest BCUT2D eigenvalue weighted by Gasteiger charge is 2.13. The van der Waals surface area contributed by atoms with Crippen molar-refractivity contribution in [1.82, 2.24) is 9.97 Å². The van der Waals surface area contributed by atoms with Crippen LogP contribution >= 0.6 is 0 Å². The summed E-state index contributed by atoms with van der Waals surface area (Å²) in [6.45, 7) is 1.83. The minimum absolute atomic E-state index is 0.342. The number of anilines is 1. The lowest BCUT2D eigenvalue weighted by Crippen LogP contribution is -2.28. The zero-order valence-corrected chi connectivity index (χ0v) is 7.17. The number of hydrogen-bond donors (Lipinski definition) is 2. The van der Waals surface area contributed by atoms with Crippen molar-refractivity contribution in [1.29, 1.82) is 0 Å². The molecule has 1 saturated heterocycles. The third-order valence-corrected chi connectivity index (χ3v) is 2.19. The summed E-state index contributed by atoms with van der Waals surface area (Å²) in [6, 6.07) is 1.42. The van der Waals surface area contributed by atoms with Gasteiger partial charge in [0.25, 0.3) is 5.56 Å². The van der Waals surface area contributed by atoms with Gasteiger partial charge in [-0.2, -0.15) is 0 Å². The molecular formula is C8H11N3O2. The van der Waals surface area contributed by atoms with Gasteiger partial charge in [0.1, 0.15) is 5.82 Å². The molecule has 1 aliphatic rings. The quantitative estimate of drug-likeness (QED) is 0.623. The van der Waals surface area contributed by atoms with E-state index in [1.54, 1.807) is 0 Å². The van der Waals surface area contributed by atoms with Gasteiger partial charge in [-0.25, -0.2) is 4.79 Å². The average molecular weight is 181 g/mol. The van der Waals surface area contributed by atoms with Gasteiger partial charge in [-0.15, -0.1) is 0 Å². The van der Waals surface area contributed by atoms with E-state index < -0.39 is 5.69 Å². The van der Waals surface area contributed by atoms with Crippen molar-refractivity contribution < 1.29 is 0 Å². The van der Waals surface area contributed by atoms with E-state index in [0.29, 0.717) is 5.82 Å². The molecule has 2 N–H and O–H groups in total. The Morgan fingerprint density at radius 1 is 1.15 bits per heavy atom. The first kappa shape index (κ1) is 8.10. The van der Waals surface area contributed by atoms with E-state index in [2.05, 4.69) is 9.97 Å². The van der Waals surface area contributed by atoms with Crippen molar-refractivity contribution in [2.45, 2.75) is 12.8 Å². The molecule has 1 aromatic rings.